The van der Waals surface area contributed by atoms with Gasteiger partial charge in [0.15, 0.2) is 5.69 Å². The zero-order valence-electron chi connectivity index (χ0n) is 11.9. The first-order valence-corrected chi connectivity index (χ1v) is 7.55. The number of aromatic nitrogens is 1. The number of carbonyl (C=O) groups excluding carboxylic acids is 1. The van der Waals surface area contributed by atoms with Crippen molar-refractivity contribution < 1.29 is 9.32 Å². The second-order valence-corrected chi connectivity index (χ2v) is 5.77. The molecule has 1 heterocycles. The molecule has 1 aromatic carbocycles. The third kappa shape index (κ3) is 3.27. The number of benzene rings is 1. The van der Waals surface area contributed by atoms with Crippen LogP contribution < -0.4 is 0 Å². The van der Waals surface area contributed by atoms with Crippen LogP contribution in [0.2, 0.25) is 5.02 Å². The maximum absolute atomic E-state index is 12.5. The molecule has 0 aliphatic heterocycles. The lowest BCUT2D eigenvalue weighted by Crippen LogP contribution is -2.30. The van der Waals surface area contributed by atoms with Gasteiger partial charge in [0.1, 0.15) is 5.76 Å². The van der Waals surface area contributed by atoms with Crippen LogP contribution >= 0.6 is 11.6 Å². The lowest BCUT2D eigenvalue weighted by molar-refractivity contribution is 0.0742. The van der Waals surface area contributed by atoms with Crippen molar-refractivity contribution in [1.82, 2.24) is 10.1 Å². The van der Waals surface area contributed by atoms with Crippen molar-refractivity contribution in [3.05, 3.63) is 52.4 Å². The molecule has 3 rings (SSSR count). The van der Waals surface area contributed by atoms with Crippen LogP contribution in [-0.2, 0) is 6.54 Å². The van der Waals surface area contributed by atoms with Crippen molar-refractivity contribution >= 4 is 17.5 Å². The molecular formula is C16H17ClN2O2. The Morgan fingerprint density at radius 2 is 2.24 bits per heavy atom. The molecule has 0 unspecified atom stereocenters. The van der Waals surface area contributed by atoms with Gasteiger partial charge < -0.3 is 9.42 Å². The van der Waals surface area contributed by atoms with Gasteiger partial charge in [-0.1, -0.05) is 28.9 Å². The number of hydrogen-bond acceptors (Lipinski definition) is 3. The molecule has 1 saturated carbocycles. The number of carbonyl (C=O) groups is 1. The van der Waals surface area contributed by atoms with E-state index in [2.05, 4.69) is 5.16 Å². The molecule has 2 aromatic rings. The van der Waals surface area contributed by atoms with E-state index in [1.54, 1.807) is 11.0 Å². The molecular weight excluding hydrogens is 288 g/mol. The number of hydrogen-bond donors (Lipinski definition) is 0. The van der Waals surface area contributed by atoms with Gasteiger partial charge in [-0.25, -0.2) is 0 Å². The van der Waals surface area contributed by atoms with E-state index in [1.807, 2.05) is 31.2 Å². The predicted molar refractivity (Wildman–Crippen MR) is 80.3 cm³/mol. The number of rotatable bonds is 5. The summed E-state index contributed by atoms with van der Waals surface area (Å²) in [6.45, 7) is 3.07. The minimum atomic E-state index is -0.104. The Morgan fingerprint density at radius 3 is 2.90 bits per heavy atom. The van der Waals surface area contributed by atoms with Crippen molar-refractivity contribution in [2.45, 2.75) is 32.2 Å². The van der Waals surface area contributed by atoms with Crippen LogP contribution in [-0.4, -0.2) is 22.5 Å². The molecule has 4 nitrogen and oxygen atoms in total. The van der Waals surface area contributed by atoms with E-state index in [9.17, 15) is 4.79 Å². The Morgan fingerprint density at radius 1 is 1.43 bits per heavy atom. The molecule has 0 atom stereocenters. The highest BCUT2D eigenvalue weighted by molar-refractivity contribution is 6.30. The fourth-order valence-corrected chi connectivity index (χ4v) is 2.51. The Kier molecular flexibility index (Phi) is 3.97. The quantitative estimate of drug-likeness (QED) is 0.842. The van der Waals surface area contributed by atoms with Crippen LogP contribution in [0.5, 0.6) is 0 Å². The van der Waals surface area contributed by atoms with Crippen LogP contribution in [0.25, 0.3) is 0 Å². The molecule has 0 saturated heterocycles. The van der Waals surface area contributed by atoms with Gasteiger partial charge >= 0.3 is 0 Å². The Bertz CT molecular complexity index is 649. The average Bonchev–Trinajstić information content (AvgIpc) is 3.22. The highest BCUT2D eigenvalue weighted by atomic mass is 35.5. The standard InChI is InChI=1S/C16H17ClN2O2/c1-2-19(10-11-4-3-5-13(17)8-11)16(20)14-9-15(21-18-14)12-6-7-12/h3-5,8-9,12H,2,6-7,10H2,1H3. The van der Waals surface area contributed by atoms with Gasteiger partial charge in [-0.3, -0.25) is 4.79 Å². The minimum absolute atomic E-state index is 0.104. The first-order valence-electron chi connectivity index (χ1n) is 7.17. The van der Waals surface area contributed by atoms with Crippen LogP contribution in [0.1, 0.15) is 47.5 Å². The van der Waals surface area contributed by atoms with Crippen LogP contribution in [0.3, 0.4) is 0 Å². The molecule has 1 aliphatic rings. The Labute approximate surface area is 128 Å². The second kappa shape index (κ2) is 5.90. The molecule has 1 aromatic heterocycles. The number of amides is 1. The maximum Gasteiger partial charge on any atom is 0.276 e. The van der Waals surface area contributed by atoms with E-state index in [0.29, 0.717) is 29.7 Å². The normalized spacial score (nSPS) is 14.2. The van der Waals surface area contributed by atoms with Gasteiger partial charge in [-0.15, -0.1) is 0 Å². The maximum atomic E-state index is 12.5. The zero-order valence-corrected chi connectivity index (χ0v) is 12.6. The van der Waals surface area contributed by atoms with E-state index < -0.39 is 0 Å². The topological polar surface area (TPSA) is 46.3 Å². The lowest BCUT2D eigenvalue weighted by Gasteiger charge is -2.19. The van der Waals surface area contributed by atoms with Crippen molar-refractivity contribution in [2.75, 3.05) is 6.54 Å². The van der Waals surface area contributed by atoms with Crippen LogP contribution in [0.15, 0.2) is 34.9 Å². The summed E-state index contributed by atoms with van der Waals surface area (Å²) in [5.41, 5.74) is 1.39. The predicted octanol–water partition coefficient (Wildman–Crippen LogP) is 3.87. The van der Waals surface area contributed by atoms with E-state index in [0.717, 1.165) is 24.2 Å². The van der Waals surface area contributed by atoms with E-state index in [1.165, 1.54) is 0 Å². The van der Waals surface area contributed by atoms with Gasteiger partial charge in [-0.05, 0) is 37.5 Å². The van der Waals surface area contributed by atoms with Crippen molar-refractivity contribution in [3.63, 3.8) is 0 Å². The van der Waals surface area contributed by atoms with Crippen molar-refractivity contribution in [3.8, 4) is 0 Å². The molecule has 1 aliphatic carbocycles. The molecule has 0 N–H and O–H groups in total. The van der Waals surface area contributed by atoms with E-state index >= 15 is 0 Å². The van der Waals surface area contributed by atoms with Gasteiger partial charge in [0, 0.05) is 30.1 Å². The zero-order chi connectivity index (χ0) is 14.8. The summed E-state index contributed by atoms with van der Waals surface area (Å²) in [7, 11) is 0. The summed E-state index contributed by atoms with van der Waals surface area (Å²) in [4.78, 5) is 14.2. The third-order valence-corrected chi connectivity index (χ3v) is 3.89. The largest absolute Gasteiger partial charge is 0.360 e. The summed E-state index contributed by atoms with van der Waals surface area (Å²) in [5.74, 6) is 1.19. The summed E-state index contributed by atoms with van der Waals surface area (Å²) < 4.78 is 5.26. The first-order chi connectivity index (χ1) is 10.2. The summed E-state index contributed by atoms with van der Waals surface area (Å²) >= 11 is 5.98. The SMILES string of the molecule is CCN(Cc1cccc(Cl)c1)C(=O)c1cc(C2CC2)on1. The average molecular weight is 305 g/mol. The van der Waals surface area contributed by atoms with E-state index in [4.69, 9.17) is 16.1 Å². The monoisotopic (exact) mass is 304 g/mol. The summed E-state index contributed by atoms with van der Waals surface area (Å²) in [6.07, 6.45) is 2.26. The van der Waals surface area contributed by atoms with Gasteiger partial charge in [0.25, 0.3) is 5.91 Å². The Hall–Kier alpha value is -1.81. The second-order valence-electron chi connectivity index (χ2n) is 5.34. The lowest BCUT2D eigenvalue weighted by atomic mass is 10.2. The van der Waals surface area contributed by atoms with Crippen molar-refractivity contribution in [1.29, 1.82) is 0 Å². The van der Waals surface area contributed by atoms with Gasteiger partial charge in [-0.2, -0.15) is 0 Å². The minimum Gasteiger partial charge on any atom is -0.360 e. The van der Waals surface area contributed by atoms with Crippen LogP contribution in [0.4, 0.5) is 0 Å². The highest BCUT2D eigenvalue weighted by Gasteiger charge is 2.29. The van der Waals surface area contributed by atoms with Gasteiger partial charge in [0.2, 0.25) is 0 Å². The molecule has 0 spiro atoms. The number of halogens is 1. The molecule has 21 heavy (non-hydrogen) atoms. The van der Waals surface area contributed by atoms with Crippen LogP contribution in [0, 0.1) is 0 Å². The van der Waals surface area contributed by atoms with Gasteiger partial charge in [0.05, 0.1) is 0 Å². The molecule has 5 heteroatoms. The molecule has 110 valence electrons. The first kappa shape index (κ1) is 14.1. The molecule has 1 fully saturated rings. The smallest absolute Gasteiger partial charge is 0.276 e. The Balaban J connectivity index is 1.73. The number of nitrogens with zero attached hydrogens (tertiary/aromatic N) is 2. The molecule has 0 bridgehead atoms. The third-order valence-electron chi connectivity index (χ3n) is 3.66. The van der Waals surface area contributed by atoms with Crippen molar-refractivity contribution in [2.24, 2.45) is 0 Å². The molecule has 0 radical (unpaired) electrons. The summed E-state index contributed by atoms with van der Waals surface area (Å²) in [6, 6.07) is 9.32. The fourth-order valence-electron chi connectivity index (χ4n) is 2.30. The van der Waals surface area contributed by atoms with E-state index in [-0.39, 0.29) is 5.91 Å². The molecule has 1 amide bonds. The highest BCUT2D eigenvalue weighted by Crippen LogP contribution is 2.40. The summed E-state index contributed by atoms with van der Waals surface area (Å²) in [5, 5.41) is 4.59. The fraction of sp³-hybridized carbons (Fsp3) is 0.375.